The van der Waals surface area contributed by atoms with E-state index >= 15 is 0 Å². The first-order chi connectivity index (χ1) is 10.0. The third kappa shape index (κ3) is 6.21. The van der Waals surface area contributed by atoms with Crippen LogP contribution >= 0.6 is 0 Å². The van der Waals surface area contributed by atoms with Crippen LogP contribution in [0.25, 0.3) is 0 Å². The highest BCUT2D eigenvalue weighted by Crippen LogP contribution is 2.18. The molecule has 1 rings (SSSR count). The molecule has 0 saturated carbocycles. The zero-order chi connectivity index (χ0) is 15.7. The second-order valence-corrected chi connectivity index (χ2v) is 5.46. The number of hydrogen-bond donors (Lipinski definition) is 1. The van der Waals surface area contributed by atoms with Crippen molar-refractivity contribution in [1.29, 1.82) is 5.26 Å². The van der Waals surface area contributed by atoms with Crippen LogP contribution in [0.4, 0.5) is 11.5 Å². The molecule has 6 nitrogen and oxygen atoms in total. The lowest BCUT2D eigenvalue weighted by Crippen LogP contribution is -2.05. The topological polar surface area (TPSA) is 91.9 Å². The van der Waals surface area contributed by atoms with Gasteiger partial charge in [-0.05, 0) is 18.4 Å². The number of unbranched alkanes of at least 4 members (excludes halogenated alkanes) is 3. The Balaban J connectivity index is 2.33. The summed E-state index contributed by atoms with van der Waals surface area (Å²) in [7, 11) is 0. The summed E-state index contributed by atoms with van der Waals surface area (Å²) in [6.07, 6.45) is 5.92. The van der Waals surface area contributed by atoms with Gasteiger partial charge < -0.3 is 5.32 Å². The third-order valence-electron chi connectivity index (χ3n) is 3.19. The Bertz CT molecular complexity index is 509. The van der Waals surface area contributed by atoms with Crippen molar-refractivity contribution in [3.05, 3.63) is 27.9 Å². The molecular weight excluding hydrogens is 268 g/mol. The molecule has 0 spiro atoms. The van der Waals surface area contributed by atoms with Gasteiger partial charge in [0, 0.05) is 12.6 Å². The molecule has 0 unspecified atom stereocenters. The molecule has 0 saturated heterocycles. The van der Waals surface area contributed by atoms with Crippen LogP contribution < -0.4 is 5.32 Å². The van der Waals surface area contributed by atoms with Crippen LogP contribution in [0.2, 0.25) is 0 Å². The number of nitro groups is 1. The van der Waals surface area contributed by atoms with Crippen LogP contribution in [-0.2, 0) is 0 Å². The van der Waals surface area contributed by atoms with Gasteiger partial charge in [-0.15, -0.1) is 0 Å². The Morgan fingerprint density at radius 1 is 1.33 bits per heavy atom. The number of hydrogen-bond acceptors (Lipinski definition) is 5. The molecule has 0 bridgehead atoms. The molecule has 114 valence electrons. The second kappa shape index (κ2) is 8.90. The number of anilines is 1. The van der Waals surface area contributed by atoms with Crippen molar-refractivity contribution in [2.45, 2.75) is 46.0 Å². The fourth-order valence-corrected chi connectivity index (χ4v) is 2.03. The first-order valence-electron chi connectivity index (χ1n) is 7.34. The maximum Gasteiger partial charge on any atom is 0.305 e. The van der Waals surface area contributed by atoms with E-state index in [4.69, 9.17) is 5.26 Å². The van der Waals surface area contributed by atoms with E-state index in [9.17, 15) is 10.1 Å². The van der Waals surface area contributed by atoms with Crippen LogP contribution in [0.15, 0.2) is 12.1 Å². The highest BCUT2D eigenvalue weighted by molar-refractivity contribution is 5.50. The summed E-state index contributed by atoms with van der Waals surface area (Å²) in [5.74, 6) is 1.27. The molecule has 0 radical (unpaired) electrons. The van der Waals surface area contributed by atoms with Crippen LogP contribution in [0.3, 0.4) is 0 Å². The molecule has 0 aliphatic carbocycles. The van der Waals surface area contributed by atoms with Crippen molar-refractivity contribution < 1.29 is 4.92 Å². The van der Waals surface area contributed by atoms with E-state index in [2.05, 4.69) is 24.1 Å². The summed E-state index contributed by atoms with van der Waals surface area (Å²) in [5.41, 5.74) is -0.404. The van der Waals surface area contributed by atoms with Crippen LogP contribution in [-0.4, -0.2) is 16.5 Å². The lowest BCUT2D eigenvalue weighted by Gasteiger charge is -2.06. The molecule has 0 fully saturated rings. The van der Waals surface area contributed by atoms with Gasteiger partial charge in [0.05, 0.1) is 4.92 Å². The number of nitriles is 1. The molecule has 1 heterocycles. The van der Waals surface area contributed by atoms with Gasteiger partial charge in [0.15, 0.2) is 0 Å². The SMILES string of the molecule is CC(C)CCCCCCNc1ccc([N+](=O)[O-])c(C#N)n1. The molecule has 0 atom stereocenters. The van der Waals surface area contributed by atoms with E-state index in [0.717, 1.165) is 25.3 Å². The van der Waals surface area contributed by atoms with Gasteiger partial charge in [-0.1, -0.05) is 39.5 Å². The van der Waals surface area contributed by atoms with Crippen molar-refractivity contribution in [3.63, 3.8) is 0 Å². The van der Waals surface area contributed by atoms with Crippen LogP contribution in [0, 0.1) is 27.4 Å². The number of aromatic nitrogens is 1. The Morgan fingerprint density at radius 3 is 2.67 bits per heavy atom. The molecule has 0 aliphatic heterocycles. The number of rotatable bonds is 9. The minimum Gasteiger partial charge on any atom is -0.370 e. The van der Waals surface area contributed by atoms with Crippen molar-refractivity contribution >= 4 is 11.5 Å². The Morgan fingerprint density at radius 2 is 2.05 bits per heavy atom. The Labute approximate surface area is 125 Å². The van der Waals surface area contributed by atoms with E-state index in [1.165, 1.54) is 31.4 Å². The normalized spacial score (nSPS) is 10.4. The summed E-state index contributed by atoms with van der Waals surface area (Å²) in [6, 6.07) is 4.61. The fourth-order valence-electron chi connectivity index (χ4n) is 2.03. The fraction of sp³-hybridized carbons (Fsp3) is 0.600. The second-order valence-electron chi connectivity index (χ2n) is 5.46. The molecular formula is C15H22N4O2. The van der Waals surface area contributed by atoms with Gasteiger partial charge >= 0.3 is 5.69 Å². The predicted octanol–water partition coefficient (Wildman–Crippen LogP) is 3.88. The predicted molar refractivity (Wildman–Crippen MR) is 82.0 cm³/mol. The van der Waals surface area contributed by atoms with Gasteiger partial charge in [0.25, 0.3) is 0 Å². The zero-order valence-corrected chi connectivity index (χ0v) is 12.6. The highest BCUT2D eigenvalue weighted by atomic mass is 16.6. The molecule has 0 aliphatic rings. The van der Waals surface area contributed by atoms with E-state index < -0.39 is 4.92 Å². The van der Waals surface area contributed by atoms with Crippen LogP contribution in [0.5, 0.6) is 0 Å². The standard InChI is InChI=1S/C15H22N4O2/c1-12(2)7-5-3-4-6-10-17-15-9-8-14(19(20)21)13(11-16)18-15/h8-9,12H,3-7,10H2,1-2H3,(H,17,18). The summed E-state index contributed by atoms with van der Waals surface area (Å²) >= 11 is 0. The third-order valence-corrected chi connectivity index (χ3v) is 3.19. The number of pyridine rings is 1. The van der Waals surface area contributed by atoms with Gasteiger partial charge in [0.2, 0.25) is 5.69 Å². The molecule has 6 heteroatoms. The van der Waals surface area contributed by atoms with Crippen LogP contribution in [0.1, 0.15) is 51.6 Å². The summed E-state index contributed by atoms with van der Waals surface area (Å²) in [6.45, 7) is 5.22. The number of nitrogens with one attached hydrogen (secondary N) is 1. The molecule has 0 aromatic carbocycles. The van der Waals surface area contributed by atoms with E-state index in [0.29, 0.717) is 5.82 Å². The van der Waals surface area contributed by atoms with E-state index in [1.54, 1.807) is 6.07 Å². The molecule has 21 heavy (non-hydrogen) atoms. The maximum atomic E-state index is 10.7. The van der Waals surface area contributed by atoms with Crippen molar-refractivity contribution in [1.82, 2.24) is 4.98 Å². The van der Waals surface area contributed by atoms with E-state index in [1.807, 2.05) is 0 Å². The first-order valence-corrected chi connectivity index (χ1v) is 7.34. The molecule has 1 aromatic rings. The van der Waals surface area contributed by atoms with Gasteiger partial charge in [0.1, 0.15) is 11.9 Å². The monoisotopic (exact) mass is 290 g/mol. The highest BCUT2D eigenvalue weighted by Gasteiger charge is 2.15. The lowest BCUT2D eigenvalue weighted by atomic mass is 10.0. The quantitative estimate of drug-likeness (QED) is 0.423. The molecule has 1 aromatic heterocycles. The summed E-state index contributed by atoms with van der Waals surface area (Å²) in [4.78, 5) is 14.1. The largest absolute Gasteiger partial charge is 0.370 e. The zero-order valence-electron chi connectivity index (χ0n) is 12.6. The van der Waals surface area contributed by atoms with Gasteiger partial charge in [-0.25, -0.2) is 4.98 Å². The smallest absolute Gasteiger partial charge is 0.305 e. The lowest BCUT2D eigenvalue weighted by molar-refractivity contribution is -0.385. The minimum atomic E-state index is -0.593. The van der Waals surface area contributed by atoms with Crippen molar-refractivity contribution in [2.24, 2.45) is 5.92 Å². The summed E-state index contributed by atoms with van der Waals surface area (Å²) < 4.78 is 0. The van der Waals surface area contributed by atoms with Crippen molar-refractivity contribution in [3.8, 4) is 6.07 Å². The number of nitrogens with zero attached hydrogens (tertiary/aromatic N) is 3. The minimum absolute atomic E-state index is 0.151. The summed E-state index contributed by atoms with van der Waals surface area (Å²) in [5, 5.41) is 22.7. The van der Waals surface area contributed by atoms with Crippen molar-refractivity contribution in [2.75, 3.05) is 11.9 Å². The van der Waals surface area contributed by atoms with Gasteiger partial charge in [-0.3, -0.25) is 10.1 Å². The average molecular weight is 290 g/mol. The maximum absolute atomic E-state index is 10.7. The van der Waals surface area contributed by atoms with E-state index in [-0.39, 0.29) is 11.4 Å². The average Bonchev–Trinajstić information content (AvgIpc) is 2.45. The Hall–Kier alpha value is -2.16. The molecule has 1 N–H and O–H groups in total. The van der Waals surface area contributed by atoms with Gasteiger partial charge in [-0.2, -0.15) is 5.26 Å². The molecule has 0 amide bonds. The first kappa shape index (κ1) is 16.9. The Kier molecular flexibility index (Phi) is 7.16.